The molecule has 1 aliphatic rings. The van der Waals surface area contributed by atoms with Gasteiger partial charge in [-0.05, 0) is 6.42 Å². The van der Waals surface area contributed by atoms with Crippen molar-refractivity contribution in [2.75, 3.05) is 31.2 Å². The first-order valence-corrected chi connectivity index (χ1v) is 6.32. The third-order valence-electron chi connectivity index (χ3n) is 2.89. The maximum atomic E-state index is 13.1. The molecule has 1 aromatic rings. The van der Waals surface area contributed by atoms with Crippen molar-refractivity contribution in [3.63, 3.8) is 0 Å². The van der Waals surface area contributed by atoms with Gasteiger partial charge in [0, 0.05) is 19.2 Å². The lowest BCUT2D eigenvalue weighted by molar-refractivity contribution is -0.124. The molecule has 0 saturated carbocycles. The number of carbonyl (C=O) groups excluding carboxylic acids is 1. The van der Waals surface area contributed by atoms with Crippen LogP contribution in [0, 0.1) is 5.95 Å². The molecule has 0 radical (unpaired) electrons. The summed E-state index contributed by atoms with van der Waals surface area (Å²) >= 11 is 0. The van der Waals surface area contributed by atoms with Gasteiger partial charge in [-0.2, -0.15) is 4.39 Å². The number of aromatic nitrogens is 2. The van der Waals surface area contributed by atoms with Gasteiger partial charge in [-0.1, -0.05) is 6.92 Å². The summed E-state index contributed by atoms with van der Waals surface area (Å²) in [4.78, 5) is 21.2. The Hall–Kier alpha value is -1.76. The summed E-state index contributed by atoms with van der Waals surface area (Å²) in [5.74, 6) is -0.322. The molecule has 1 amide bonds. The Morgan fingerprint density at radius 2 is 2.47 bits per heavy atom. The van der Waals surface area contributed by atoms with Crippen molar-refractivity contribution in [1.82, 2.24) is 15.3 Å². The van der Waals surface area contributed by atoms with Crippen LogP contribution < -0.4 is 10.2 Å². The van der Waals surface area contributed by atoms with E-state index >= 15 is 0 Å². The van der Waals surface area contributed by atoms with Crippen LogP contribution in [0.15, 0.2) is 12.4 Å². The number of rotatable bonds is 4. The quantitative estimate of drug-likeness (QED) is 0.798. The number of nitrogens with one attached hydrogen (secondary N) is 1. The zero-order chi connectivity index (χ0) is 13.7. The van der Waals surface area contributed by atoms with Crippen molar-refractivity contribution in [2.24, 2.45) is 0 Å². The highest BCUT2D eigenvalue weighted by atomic mass is 19.1. The minimum absolute atomic E-state index is 0.124. The molecule has 1 saturated heterocycles. The number of nitrogens with zero attached hydrogens (tertiary/aromatic N) is 3. The van der Waals surface area contributed by atoms with E-state index in [1.807, 2.05) is 6.92 Å². The average molecular weight is 268 g/mol. The highest BCUT2D eigenvalue weighted by molar-refractivity contribution is 5.85. The first-order chi connectivity index (χ1) is 9.22. The van der Waals surface area contributed by atoms with E-state index in [0.29, 0.717) is 25.5 Å². The predicted molar refractivity (Wildman–Crippen MR) is 67.2 cm³/mol. The van der Waals surface area contributed by atoms with Crippen molar-refractivity contribution in [3.8, 4) is 0 Å². The van der Waals surface area contributed by atoms with E-state index in [2.05, 4.69) is 15.3 Å². The monoisotopic (exact) mass is 268 g/mol. The molecule has 1 unspecified atom stereocenters. The van der Waals surface area contributed by atoms with Crippen LogP contribution in [0.2, 0.25) is 0 Å². The number of anilines is 1. The molecule has 0 spiro atoms. The minimum Gasteiger partial charge on any atom is -0.377 e. The second kappa shape index (κ2) is 6.42. The first-order valence-electron chi connectivity index (χ1n) is 6.32. The Labute approximate surface area is 111 Å². The number of carbonyl (C=O) groups is 1. The van der Waals surface area contributed by atoms with Crippen LogP contribution >= 0.6 is 0 Å². The maximum absolute atomic E-state index is 13.1. The average Bonchev–Trinajstić information content (AvgIpc) is 2.45. The fourth-order valence-corrected chi connectivity index (χ4v) is 1.94. The Morgan fingerprint density at radius 3 is 3.21 bits per heavy atom. The zero-order valence-corrected chi connectivity index (χ0v) is 10.8. The largest absolute Gasteiger partial charge is 0.377 e. The summed E-state index contributed by atoms with van der Waals surface area (Å²) in [6, 6.07) is 0.750. The minimum atomic E-state index is -0.607. The van der Waals surface area contributed by atoms with Crippen LogP contribution in [0.5, 0.6) is 0 Å². The highest BCUT2D eigenvalue weighted by Gasteiger charge is 2.30. The van der Waals surface area contributed by atoms with Crippen LogP contribution in [0.3, 0.4) is 0 Å². The summed E-state index contributed by atoms with van der Waals surface area (Å²) in [7, 11) is 0. The van der Waals surface area contributed by atoms with Crippen molar-refractivity contribution >= 4 is 11.7 Å². The van der Waals surface area contributed by atoms with Gasteiger partial charge >= 0.3 is 0 Å². The van der Waals surface area contributed by atoms with Gasteiger partial charge in [0.15, 0.2) is 0 Å². The molecule has 7 heteroatoms. The van der Waals surface area contributed by atoms with Crippen LogP contribution in [-0.4, -0.2) is 48.2 Å². The molecule has 1 aromatic heterocycles. The van der Waals surface area contributed by atoms with E-state index in [1.165, 1.54) is 6.07 Å². The molecular weight excluding hydrogens is 251 g/mol. The Morgan fingerprint density at radius 1 is 1.63 bits per heavy atom. The summed E-state index contributed by atoms with van der Waals surface area (Å²) < 4.78 is 18.5. The van der Waals surface area contributed by atoms with E-state index in [0.717, 1.165) is 12.7 Å². The molecule has 2 rings (SSSR count). The smallest absolute Gasteiger partial charge is 0.245 e. The molecule has 104 valence electrons. The Bertz CT molecular complexity index is 443. The second-order valence-electron chi connectivity index (χ2n) is 4.27. The van der Waals surface area contributed by atoms with Crippen LogP contribution in [0.4, 0.5) is 10.2 Å². The number of morpholine rings is 1. The number of halogens is 1. The van der Waals surface area contributed by atoms with Crippen molar-refractivity contribution < 1.29 is 13.9 Å². The zero-order valence-electron chi connectivity index (χ0n) is 10.8. The molecule has 2 heterocycles. The topological polar surface area (TPSA) is 67.3 Å². The van der Waals surface area contributed by atoms with Crippen LogP contribution in [0.25, 0.3) is 0 Å². The number of hydrogen-bond donors (Lipinski definition) is 1. The molecular formula is C12H17FN4O2. The van der Waals surface area contributed by atoms with Crippen molar-refractivity contribution in [2.45, 2.75) is 19.4 Å². The normalized spacial score (nSPS) is 19.3. The fourth-order valence-electron chi connectivity index (χ4n) is 1.94. The van der Waals surface area contributed by atoms with E-state index < -0.39 is 12.0 Å². The predicted octanol–water partition coefficient (Wildman–Crippen LogP) is 0.347. The third-order valence-corrected chi connectivity index (χ3v) is 2.89. The van der Waals surface area contributed by atoms with Gasteiger partial charge in [0.25, 0.3) is 0 Å². The molecule has 0 aliphatic carbocycles. The molecule has 1 aliphatic heterocycles. The van der Waals surface area contributed by atoms with Crippen molar-refractivity contribution in [1.29, 1.82) is 0 Å². The van der Waals surface area contributed by atoms with E-state index in [4.69, 9.17) is 4.74 Å². The molecule has 1 fully saturated rings. The third kappa shape index (κ3) is 3.37. The van der Waals surface area contributed by atoms with Crippen molar-refractivity contribution in [3.05, 3.63) is 18.3 Å². The lowest BCUT2D eigenvalue weighted by Gasteiger charge is -2.35. The number of ether oxygens (including phenoxy) is 1. The second-order valence-corrected chi connectivity index (χ2v) is 4.27. The standard InChI is InChI=1S/C12H17FN4O2/c1-2-3-14-12(18)9-7-19-5-4-17(9)11-6-10(13)15-8-16-11/h6,8-9H,2-5,7H2,1H3,(H,14,18). The van der Waals surface area contributed by atoms with Gasteiger partial charge < -0.3 is 15.0 Å². The molecule has 6 nitrogen and oxygen atoms in total. The molecule has 1 atom stereocenters. The molecule has 1 N–H and O–H groups in total. The summed E-state index contributed by atoms with van der Waals surface area (Å²) in [5.41, 5.74) is 0. The fraction of sp³-hybridized carbons (Fsp3) is 0.583. The molecule has 0 bridgehead atoms. The Kier molecular flexibility index (Phi) is 4.62. The van der Waals surface area contributed by atoms with E-state index in [9.17, 15) is 9.18 Å². The summed E-state index contributed by atoms with van der Waals surface area (Å²) in [5, 5.41) is 2.82. The van der Waals surface area contributed by atoms with E-state index in [-0.39, 0.29) is 12.5 Å². The van der Waals surface area contributed by atoms with Gasteiger partial charge in [0.05, 0.1) is 13.2 Å². The molecule has 19 heavy (non-hydrogen) atoms. The highest BCUT2D eigenvalue weighted by Crippen LogP contribution is 2.17. The first kappa shape index (κ1) is 13.7. The van der Waals surface area contributed by atoms with Gasteiger partial charge in [-0.15, -0.1) is 0 Å². The summed E-state index contributed by atoms with van der Waals surface area (Å²) in [6.45, 7) is 3.86. The summed E-state index contributed by atoms with van der Waals surface area (Å²) in [6.07, 6.45) is 2.02. The molecule has 0 aromatic carbocycles. The van der Waals surface area contributed by atoms with E-state index in [1.54, 1.807) is 4.90 Å². The van der Waals surface area contributed by atoms with Gasteiger partial charge in [0.1, 0.15) is 18.2 Å². The van der Waals surface area contributed by atoms with Crippen LogP contribution in [0.1, 0.15) is 13.3 Å². The lowest BCUT2D eigenvalue weighted by atomic mass is 10.2. The SMILES string of the molecule is CCCNC(=O)C1COCCN1c1cc(F)ncn1. The van der Waals surface area contributed by atoms with Gasteiger partial charge in [-0.3, -0.25) is 4.79 Å². The van der Waals surface area contributed by atoms with Gasteiger partial charge in [0.2, 0.25) is 11.9 Å². The Balaban J connectivity index is 2.13. The van der Waals surface area contributed by atoms with Crippen LogP contribution in [-0.2, 0) is 9.53 Å². The lowest BCUT2D eigenvalue weighted by Crippen LogP contribution is -2.54. The number of hydrogen-bond acceptors (Lipinski definition) is 5. The maximum Gasteiger partial charge on any atom is 0.245 e. The van der Waals surface area contributed by atoms with Gasteiger partial charge in [-0.25, -0.2) is 9.97 Å². The number of amides is 1.